The Morgan fingerprint density at radius 2 is 1.81 bits per heavy atom. The van der Waals surface area contributed by atoms with E-state index in [4.69, 9.17) is 11.6 Å². The highest BCUT2D eigenvalue weighted by atomic mass is 35.5. The fraction of sp³-hybridized carbons (Fsp3) is 0. The van der Waals surface area contributed by atoms with Crippen molar-refractivity contribution in [3.63, 3.8) is 0 Å². The van der Waals surface area contributed by atoms with Gasteiger partial charge in [-0.05, 0) is 24.3 Å². The molecule has 1 N–H and O–H groups in total. The summed E-state index contributed by atoms with van der Waals surface area (Å²) < 4.78 is 0. The first-order chi connectivity index (χ1) is 7.75. The molecule has 0 aliphatic rings. The first-order valence-electron chi connectivity index (χ1n) is 4.75. The fourth-order valence-corrected chi connectivity index (χ4v) is 1.42. The third kappa shape index (κ3) is 2.58. The maximum absolute atomic E-state index is 11.7. The standard InChI is InChI=1S/C12H9ClN2O/c13-10-7-4-8-11(14-10)15-12(16)9-5-2-1-3-6-9/h1-8H,(H,14,15,16). The molecule has 0 atom stereocenters. The largest absolute Gasteiger partial charge is 0.307 e. The molecule has 16 heavy (non-hydrogen) atoms. The lowest BCUT2D eigenvalue weighted by atomic mass is 10.2. The molecule has 0 saturated carbocycles. The van der Waals surface area contributed by atoms with E-state index in [1.807, 2.05) is 6.07 Å². The van der Waals surface area contributed by atoms with Crippen molar-refractivity contribution in [2.45, 2.75) is 0 Å². The number of hydrogen-bond donors (Lipinski definition) is 1. The monoisotopic (exact) mass is 232 g/mol. The Bertz CT molecular complexity index is 499. The van der Waals surface area contributed by atoms with E-state index in [0.717, 1.165) is 0 Å². The van der Waals surface area contributed by atoms with Crippen molar-refractivity contribution in [3.8, 4) is 0 Å². The number of aromatic nitrogens is 1. The minimum atomic E-state index is -0.199. The topological polar surface area (TPSA) is 42.0 Å². The molecule has 1 heterocycles. The maximum atomic E-state index is 11.7. The van der Waals surface area contributed by atoms with Crippen LogP contribution >= 0.6 is 11.6 Å². The van der Waals surface area contributed by atoms with Crippen LogP contribution in [0.2, 0.25) is 5.15 Å². The number of benzene rings is 1. The molecule has 1 aromatic heterocycles. The summed E-state index contributed by atoms with van der Waals surface area (Å²) in [6.45, 7) is 0. The van der Waals surface area contributed by atoms with Gasteiger partial charge in [0.15, 0.2) is 0 Å². The minimum absolute atomic E-state index is 0.199. The van der Waals surface area contributed by atoms with E-state index < -0.39 is 0 Å². The molecular formula is C12H9ClN2O. The zero-order valence-corrected chi connectivity index (χ0v) is 9.11. The number of pyridine rings is 1. The van der Waals surface area contributed by atoms with Crippen LogP contribution in [-0.2, 0) is 0 Å². The Balaban J connectivity index is 2.14. The number of carbonyl (C=O) groups is 1. The Labute approximate surface area is 98.1 Å². The van der Waals surface area contributed by atoms with Crippen molar-refractivity contribution in [2.24, 2.45) is 0 Å². The molecule has 4 heteroatoms. The zero-order valence-electron chi connectivity index (χ0n) is 8.35. The second kappa shape index (κ2) is 4.77. The number of carbonyl (C=O) groups excluding carboxylic acids is 1. The molecule has 2 rings (SSSR count). The third-order valence-corrected chi connectivity index (χ3v) is 2.20. The number of nitrogens with zero attached hydrogens (tertiary/aromatic N) is 1. The molecule has 3 nitrogen and oxygen atoms in total. The van der Waals surface area contributed by atoms with Gasteiger partial charge in [-0.25, -0.2) is 4.98 Å². The van der Waals surface area contributed by atoms with Crippen molar-refractivity contribution < 1.29 is 4.79 Å². The maximum Gasteiger partial charge on any atom is 0.256 e. The molecule has 0 fully saturated rings. The van der Waals surface area contributed by atoms with Gasteiger partial charge >= 0.3 is 0 Å². The van der Waals surface area contributed by atoms with Gasteiger partial charge in [0.2, 0.25) is 0 Å². The molecule has 1 amide bonds. The van der Waals surface area contributed by atoms with E-state index in [-0.39, 0.29) is 5.91 Å². The fourth-order valence-electron chi connectivity index (χ4n) is 1.26. The van der Waals surface area contributed by atoms with Gasteiger partial charge in [0.1, 0.15) is 11.0 Å². The predicted molar refractivity (Wildman–Crippen MR) is 63.6 cm³/mol. The van der Waals surface area contributed by atoms with Crippen LogP contribution in [-0.4, -0.2) is 10.9 Å². The van der Waals surface area contributed by atoms with Gasteiger partial charge in [0, 0.05) is 5.56 Å². The number of amides is 1. The second-order valence-electron chi connectivity index (χ2n) is 3.17. The Morgan fingerprint density at radius 1 is 1.06 bits per heavy atom. The number of rotatable bonds is 2. The van der Waals surface area contributed by atoms with E-state index in [1.54, 1.807) is 42.5 Å². The van der Waals surface area contributed by atoms with Crippen LogP contribution in [0.25, 0.3) is 0 Å². The van der Waals surface area contributed by atoms with Crippen molar-refractivity contribution >= 4 is 23.3 Å². The highest BCUT2D eigenvalue weighted by Gasteiger charge is 2.05. The van der Waals surface area contributed by atoms with Gasteiger partial charge in [-0.15, -0.1) is 0 Å². The zero-order chi connectivity index (χ0) is 11.4. The lowest BCUT2D eigenvalue weighted by Gasteiger charge is -2.03. The summed E-state index contributed by atoms with van der Waals surface area (Å²) in [6, 6.07) is 14.0. The number of nitrogens with one attached hydrogen (secondary N) is 1. The van der Waals surface area contributed by atoms with E-state index in [0.29, 0.717) is 16.5 Å². The summed E-state index contributed by atoms with van der Waals surface area (Å²) in [5.74, 6) is 0.247. The van der Waals surface area contributed by atoms with Gasteiger partial charge in [-0.1, -0.05) is 35.9 Å². The highest BCUT2D eigenvalue weighted by Crippen LogP contribution is 2.10. The SMILES string of the molecule is O=C(Nc1cccc(Cl)n1)c1ccccc1. The van der Waals surface area contributed by atoms with Gasteiger partial charge < -0.3 is 5.32 Å². The number of hydrogen-bond acceptors (Lipinski definition) is 2. The van der Waals surface area contributed by atoms with Gasteiger partial charge in [0.25, 0.3) is 5.91 Å². The normalized spacial score (nSPS) is 9.81. The van der Waals surface area contributed by atoms with Crippen molar-refractivity contribution in [3.05, 3.63) is 59.2 Å². The van der Waals surface area contributed by atoms with Crippen molar-refractivity contribution in [1.82, 2.24) is 4.98 Å². The molecule has 0 aliphatic heterocycles. The summed E-state index contributed by atoms with van der Waals surface area (Å²) in [6.07, 6.45) is 0. The highest BCUT2D eigenvalue weighted by molar-refractivity contribution is 6.29. The van der Waals surface area contributed by atoms with E-state index in [1.165, 1.54) is 0 Å². The number of anilines is 1. The van der Waals surface area contributed by atoms with Gasteiger partial charge in [0.05, 0.1) is 0 Å². The molecule has 2 aromatic rings. The van der Waals surface area contributed by atoms with Crippen molar-refractivity contribution in [1.29, 1.82) is 0 Å². The van der Waals surface area contributed by atoms with Crippen LogP contribution in [0.4, 0.5) is 5.82 Å². The predicted octanol–water partition coefficient (Wildman–Crippen LogP) is 2.99. The second-order valence-corrected chi connectivity index (χ2v) is 3.55. The molecule has 0 unspecified atom stereocenters. The average Bonchev–Trinajstić information content (AvgIpc) is 2.30. The lowest BCUT2D eigenvalue weighted by molar-refractivity contribution is 0.102. The van der Waals surface area contributed by atoms with E-state index in [2.05, 4.69) is 10.3 Å². The first kappa shape index (κ1) is 10.6. The quantitative estimate of drug-likeness (QED) is 0.809. The van der Waals surface area contributed by atoms with E-state index in [9.17, 15) is 4.79 Å². The van der Waals surface area contributed by atoms with Crippen LogP contribution in [0.3, 0.4) is 0 Å². The molecule has 80 valence electrons. The summed E-state index contributed by atoms with van der Waals surface area (Å²) in [5.41, 5.74) is 0.587. The number of halogens is 1. The Kier molecular flexibility index (Phi) is 3.17. The van der Waals surface area contributed by atoms with Crippen LogP contribution in [0, 0.1) is 0 Å². The molecule has 0 bridgehead atoms. The average molecular weight is 233 g/mol. The first-order valence-corrected chi connectivity index (χ1v) is 5.12. The van der Waals surface area contributed by atoms with Crippen LogP contribution in [0.5, 0.6) is 0 Å². The Morgan fingerprint density at radius 3 is 2.50 bits per heavy atom. The molecule has 0 saturated heterocycles. The van der Waals surface area contributed by atoms with Gasteiger partial charge in [-0.2, -0.15) is 0 Å². The van der Waals surface area contributed by atoms with Crippen LogP contribution < -0.4 is 5.32 Å². The Hall–Kier alpha value is -1.87. The van der Waals surface area contributed by atoms with Gasteiger partial charge in [-0.3, -0.25) is 4.79 Å². The lowest BCUT2D eigenvalue weighted by Crippen LogP contribution is -2.12. The van der Waals surface area contributed by atoms with Crippen molar-refractivity contribution in [2.75, 3.05) is 5.32 Å². The summed E-state index contributed by atoms with van der Waals surface area (Å²) in [5, 5.41) is 3.02. The summed E-state index contributed by atoms with van der Waals surface area (Å²) in [7, 11) is 0. The van der Waals surface area contributed by atoms with Crippen LogP contribution in [0.15, 0.2) is 48.5 Å². The van der Waals surface area contributed by atoms with Crippen LogP contribution in [0.1, 0.15) is 10.4 Å². The van der Waals surface area contributed by atoms with E-state index >= 15 is 0 Å². The molecule has 0 aliphatic carbocycles. The summed E-state index contributed by atoms with van der Waals surface area (Å²) >= 11 is 5.71. The molecule has 0 radical (unpaired) electrons. The molecular weight excluding hydrogens is 224 g/mol. The molecule has 1 aromatic carbocycles. The molecule has 0 spiro atoms. The third-order valence-electron chi connectivity index (χ3n) is 1.99. The minimum Gasteiger partial charge on any atom is -0.307 e. The smallest absolute Gasteiger partial charge is 0.256 e. The summed E-state index contributed by atoms with van der Waals surface area (Å²) in [4.78, 5) is 15.7.